The van der Waals surface area contributed by atoms with Crippen molar-refractivity contribution in [3.05, 3.63) is 59.9 Å². The van der Waals surface area contributed by atoms with Crippen LogP contribution in [0.3, 0.4) is 0 Å². The smallest absolute Gasteiger partial charge is 0.271 e. The Morgan fingerprint density at radius 3 is 2.58 bits per heavy atom. The highest BCUT2D eigenvalue weighted by Crippen LogP contribution is 2.44. The van der Waals surface area contributed by atoms with Crippen molar-refractivity contribution in [2.45, 2.75) is 18.5 Å². The number of hydrogen-bond donors (Lipinski definition) is 1. The van der Waals surface area contributed by atoms with Crippen LogP contribution in [0.25, 0.3) is 0 Å². The molecule has 4 rings (SSSR count). The number of nitrogens with one attached hydrogen (secondary N) is 1. The molecule has 2 heterocycles. The maximum absolute atomic E-state index is 14.0. The summed E-state index contributed by atoms with van der Waals surface area (Å²) < 4.78 is 14.0. The van der Waals surface area contributed by atoms with Crippen molar-refractivity contribution in [1.29, 1.82) is 0 Å². The molecule has 2 aromatic carbocycles. The summed E-state index contributed by atoms with van der Waals surface area (Å²) in [4.78, 5) is 41.2. The lowest BCUT2D eigenvalue weighted by Gasteiger charge is -2.47. The van der Waals surface area contributed by atoms with Crippen LogP contribution < -0.4 is 10.2 Å². The van der Waals surface area contributed by atoms with Gasteiger partial charge >= 0.3 is 0 Å². The molecule has 2 aliphatic rings. The van der Waals surface area contributed by atoms with Gasteiger partial charge in [-0.05, 0) is 24.3 Å². The molecule has 0 bridgehead atoms. The zero-order chi connectivity index (χ0) is 18.5. The monoisotopic (exact) mass is 353 g/mol. The first-order chi connectivity index (χ1) is 12.5. The predicted molar refractivity (Wildman–Crippen MR) is 93.0 cm³/mol. The molecule has 1 saturated heterocycles. The average molecular weight is 353 g/mol. The normalized spacial score (nSPS) is 21.5. The quantitative estimate of drug-likeness (QED) is 0.901. The van der Waals surface area contributed by atoms with Crippen LogP contribution in [0.5, 0.6) is 0 Å². The summed E-state index contributed by atoms with van der Waals surface area (Å²) in [6.45, 7) is 0. The largest absolute Gasteiger partial charge is 0.320 e. The van der Waals surface area contributed by atoms with Gasteiger partial charge in [0.2, 0.25) is 11.6 Å². The number of nitrogens with zero attached hydrogens (tertiary/aromatic N) is 2. The Labute approximate surface area is 149 Å². The highest BCUT2D eigenvalue weighted by molar-refractivity contribution is 6.18. The third-order valence-corrected chi connectivity index (χ3v) is 5.03. The fourth-order valence-corrected chi connectivity index (χ4v) is 3.71. The van der Waals surface area contributed by atoms with Crippen LogP contribution in [0, 0.1) is 5.82 Å². The SMILES string of the molecule is CN1C(=O)c2ccccc2N2C(=O)CC[C@@]12C(=O)Nc1ccccc1F. The van der Waals surface area contributed by atoms with Gasteiger partial charge < -0.3 is 10.2 Å². The number of halogens is 1. The lowest BCUT2D eigenvalue weighted by Crippen LogP contribution is -2.68. The number of amides is 3. The fraction of sp³-hybridized carbons (Fsp3) is 0.211. The Bertz CT molecular complexity index is 945. The summed E-state index contributed by atoms with van der Waals surface area (Å²) in [5, 5.41) is 2.54. The number of anilines is 2. The molecule has 0 spiro atoms. The van der Waals surface area contributed by atoms with Gasteiger partial charge in [-0.1, -0.05) is 24.3 Å². The summed E-state index contributed by atoms with van der Waals surface area (Å²) in [5.41, 5.74) is -0.739. The number of para-hydroxylation sites is 2. The number of hydrogen-bond acceptors (Lipinski definition) is 3. The summed E-state index contributed by atoms with van der Waals surface area (Å²) in [7, 11) is 1.49. The van der Waals surface area contributed by atoms with Crippen LogP contribution in [-0.2, 0) is 9.59 Å². The maximum atomic E-state index is 14.0. The van der Waals surface area contributed by atoms with Gasteiger partial charge in [0.15, 0.2) is 0 Å². The Morgan fingerprint density at radius 1 is 1.12 bits per heavy atom. The van der Waals surface area contributed by atoms with E-state index in [1.165, 1.54) is 35.0 Å². The van der Waals surface area contributed by atoms with Gasteiger partial charge in [0.05, 0.1) is 16.9 Å². The van der Waals surface area contributed by atoms with Crippen LogP contribution in [-0.4, -0.2) is 35.3 Å². The minimum absolute atomic E-state index is 0.00545. The van der Waals surface area contributed by atoms with Crippen LogP contribution in [0.15, 0.2) is 48.5 Å². The van der Waals surface area contributed by atoms with Crippen molar-refractivity contribution < 1.29 is 18.8 Å². The first-order valence-electron chi connectivity index (χ1n) is 8.23. The van der Waals surface area contributed by atoms with Crippen molar-refractivity contribution in [1.82, 2.24) is 4.90 Å². The van der Waals surface area contributed by atoms with Crippen LogP contribution in [0.2, 0.25) is 0 Å². The third kappa shape index (κ3) is 2.06. The van der Waals surface area contributed by atoms with Gasteiger partial charge in [-0.3, -0.25) is 19.3 Å². The molecular formula is C19H16FN3O3. The molecule has 3 amide bonds. The van der Waals surface area contributed by atoms with E-state index in [-0.39, 0.29) is 30.3 Å². The number of benzene rings is 2. The molecule has 6 nitrogen and oxygen atoms in total. The molecule has 0 unspecified atom stereocenters. The molecule has 0 radical (unpaired) electrons. The number of carbonyl (C=O) groups is 3. The molecule has 2 aliphatic heterocycles. The topological polar surface area (TPSA) is 69.7 Å². The van der Waals surface area contributed by atoms with E-state index in [1.807, 2.05) is 0 Å². The van der Waals surface area contributed by atoms with Crippen LogP contribution in [0.1, 0.15) is 23.2 Å². The van der Waals surface area contributed by atoms with E-state index in [4.69, 9.17) is 0 Å². The van der Waals surface area contributed by atoms with E-state index in [1.54, 1.807) is 30.3 Å². The molecule has 1 atom stereocenters. The summed E-state index contributed by atoms with van der Waals surface area (Å²) in [6.07, 6.45) is 0.263. The van der Waals surface area contributed by atoms with E-state index in [2.05, 4.69) is 5.32 Å². The minimum atomic E-state index is -1.51. The first kappa shape index (κ1) is 16.3. The number of likely N-dealkylation sites (N-methyl/N-ethyl adjacent to an activating group) is 1. The molecule has 0 aliphatic carbocycles. The van der Waals surface area contributed by atoms with Gasteiger partial charge in [-0.25, -0.2) is 4.39 Å². The van der Waals surface area contributed by atoms with Gasteiger partial charge in [-0.15, -0.1) is 0 Å². The van der Waals surface area contributed by atoms with Crippen LogP contribution in [0.4, 0.5) is 15.8 Å². The Kier molecular flexibility index (Phi) is 3.54. The number of carbonyl (C=O) groups excluding carboxylic acids is 3. The van der Waals surface area contributed by atoms with Gasteiger partial charge in [0.25, 0.3) is 11.8 Å². The number of rotatable bonds is 2. The van der Waals surface area contributed by atoms with Crippen LogP contribution >= 0.6 is 0 Å². The van der Waals surface area contributed by atoms with E-state index in [0.29, 0.717) is 11.3 Å². The van der Waals surface area contributed by atoms with E-state index >= 15 is 0 Å². The molecular weight excluding hydrogens is 337 g/mol. The average Bonchev–Trinajstić information content (AvgIpc) is 3.00. The van der Waals surface area contributed by atoms with Crippen molar-refractivity contribution in [2.75, 3.05) is 17.3 Å². The molecule has 1 N–H and O–H groups in total. The Balaban J connectivity index is 1.83. The molecule has 2 aromatic rings. The second-order valence-electron chi connectivity index (χ2n) is 6.36. The second kappa shape index (κ2) is 5.66. The molecule has 132 valence electrons. The Hall–Kier alpha value is -3.22. The van der Waals surface area contributed by atoms with E-state index in [9.17, 15) is 18.8 Å². The highest BCUT2D eigenvalue weighted by Gasteiger charge is 2.59. The standard InChI is InChI=1S/C19H16FN3O3/c1-22-17(25)12-6-2-5-9-15(12)23-16(24)10-11-19(22,23)18(26)21-14-8-4-3-7-13(14)20/h2-9H,10-11H2,1H3,(H,21,26)/t19-/m1/s1. The summed E-state index contributed by atoms with van der Waals surface area (Å²) >= 11 is 0. The maximum Gasteiger partial charge on any atom is 0.271 e. The van der Waals surface area contributed by atoms with Crippen molar-refractivity contribution in [3.8, 4) is 0 Å². The molecule has 0 saturated carbocycles. The number of fused-ring (bicyclic) bond motifs is 3. The van der Waals surface area contributed by atoms with Gasteiger partial charge in [-0.2, -0.15) is 0 Å². The zero-order valence-electron chi connectivity index (χ0n) is 14.0. The first-order valence-corrected chi connectivity index (χ1v) is 8.23. The molecule has 26 heavy (non-hydrogen) atoms. The van der Waals surface area contributed by atoms with Gasteiger partial charge in [0.1, 0.15) is 5.82 Å². The third-order valence-electron chi connectivity index (χ3n) is 5.03. The Morgan fingerprint density at radius 2 is 1.81 bits per heavy atom. The van der Waals surface area contributed by atoms with Crippen molar-refractivity contribution in [2.24, 2.45) is 0 Å². The molecule has 0 aromatic heterocycles. The van der Waals surface area contributed by atoms with Crippen molar-refractivity contribution >= 4 is 29.1 Å². The lowest BCUT2D eigenvalue weighted by atomic mass is 9.96. The van der Waals surface area contributed by atoms with Crippen molar-refractivity contribution in [3.63, 3.8) is 0 Å². The fourth-order valence-electron chi connectivity index (χ4n) is 3.71. The van der Waals surface area contributed by atoms with E-state index < -0.39 is 17.4 Å². The zero-order valence-corrected chi connectivity index (χ0v) is 14.0. The molecule has 7 heteroatoms. The lowest BCUT2D eigenvalue weighted by molar-refractivity contribution is -0.128. The second-order valence-corrected chi connectivity index (χ2v) is 6.36. The predicted octanol–water partition coefficient (Wildman–Crippen LogP) is 2.37. The van der Waals surface area contributed by atoms with E-state index in [0.717, 1.165) is 0 Å². The summed E-state index contributed by atoms with van der Waals surface area (Å²) in [5.74, 6) is -1.80. The molecule has 1 fully saturated rings. The highest BCUT2D eigenvalue weighted by atomic mass is 19.1. The summed E-state index contributed by atoms with van der Waals surface area (Å²) in [6, 6.07) is 12.5. The minimum Gasteiger partial charge on any atom is -0.320 e. The van der Waals surface area contributed by atoms with Gasteiger partial charge in [0, 0.05) is 19.9 Å².